The molecule has 1 saturated heterocycles. The highest BCUT2D eigenvalue weighted by Gasteiger charge is 2.39. The maximum atomic E-state index is 12.6. The number of ether oxygens (including phenoxy) is 1. The minimum Gasteiger partial charge on any atom is -0.480 e. The van der Waals surface area contributed by atoms with Crippen LogP contribution in [-0.2, 0) is 19.6 Å². The molecule has 0 aliphatic carbocycles. The molecule has 1 heterocycles. The molecule has 1 unspecified atom stereocenters. The van der Waals surface area contributed by atoms with Gasteiger partial charge in [-0.2, -0.15) is 4.31 Å². The fraction of sp³-hybridized carbons (Fsp3) is 0.385. The van der Waals surface area contributed by atoms with E-state index in [1.165, 1.54) is 19.2 Å². The van der Waals surface area contributed by atoms with Gasteiger partial charge in [0.2, 0.25) is 10.0 Å². The molecule has 9 heteroatoms. The number of hydrogen-bond donors (Lipinski definition) is 1. The molecule has 1 N–H and O–H groups in total. The largest absolute Gasteiger partial charge is 0.480 e. The molecule has 2 rings (SSSR count). The van der Waals surface area contributed by atoms with Crippen molar-refractivity contribution >= 4 is 33.6 Å². The monoisotopic (exact) mass is 347 g/mol. The highest BCUT2D eigenvalue weighted by Crippen LogP contribution is 2.28. The number of carbonyl (C=O) groups is 2. The Morgan fingerprint density at radius 2 is 2.05 bits per heavy atom. The van der Waals surface area contributed by atoms with E-state index in [1.54, 1.807) is 0 Å². The summed E-state index contributed by atoms with van der Waals surface area (Å²) in [5, 5.41) is 9.17. The Hall–Kier alpha value is -1.64. The van der Waals surface area contributed by atoms with Crippen molar-refractivity contribution in [1.29, 1.82) is 0 Å². The molecule has 120 valence electrons. The van der Waals surface area contributed by atoms with Gasteiger partial charge < -0.3 is 9.84 Å². The number of carbonyl (C=O) groups excluding carboxylic acids is 1. The van der Waals surface area contributed by atoms with Crippen LogP contribution in [0.3, 0.4) is 0 Å². The van der Waals surface area contributed by atoms with E-state index in [4.69, 9.17) is 16.7 Å². The normalized spacial score (nSPS) is 19.1. The topological polar surface area (TPSA) is 101 Å². The number of halogens is 1. The van der Waals surface area contributed by atoms with Crippen molar-refractivity contribution in [3.05, 3.63) is 28.8 Å². The van der Waals surface area contributed by atoms with E-state index >= 15 is 0 Å². The van der Waals surface area contributed by atoms with Crippen LogP contribution in [0.2, 0.25) is 5.02 Å². The number of rotatable bonds is 4. The molecule has 7 nitrogen and oxygen atoms in total. The predicted octanol–water partition coefficient (Wildman–Crippen LogP) is 1.36. The number of carboxylic acid groups (broad SMARTS) is 1. The minimum atomic E-state index is -4.06. The van der Waals surface area contributed by atoms with Gasteiger partial charge in [0.05, 0.1) is 17.6 Å². The Balaban J connectivity index is 2.48. The maximum absolute atomic E-state index is 12.6. The van der Waals surface area contributed by atoms with E-state index in [2.05, 4.69) is 4.74 Å². The lowest BCUT2D eigenvalue weighted by molar-refractivity contribution is -0.140. The summed E-state index contributed by atoms with van der Waals surface area (Å²) in [6.07, 6.45) is 0.708. The molecular weight excluding hydrogens is 334 g/mol. The molecule has 0 aromatic heterocycles. The fourth-order valence-corrected chi connectivity index (χ4v) is 4.38. The molecule has 1 aliphatic heterocycles. The molecule has 0 saturated carbocycles. The van der Waals surface area contributed by atoms with Gasteiger partial charge in [-0.1, -0.05) is 11.6 Å². The van der Waals surface area contributed by atoms with Crippen LogP contribution in [0.5, 0.6) is 0 Å². The van der Waals surface area contributed by atoms with Gasteiger partial charge in [0.1, 0.15) is 6.04 Å². The third-order valence-corrected chi connectivity index (χ3v) is 5.49. The van der Waals surface area contributed by atoms with Gasteiger partial charge >= 0.3 is 11.9 Å². The van der Waals surface area contributed by atoms with Crippen molar-refractivity contribution in [2.24, 2.45) is 0 Å². The predicted molar refractivity (Wildman–Crippen MR) is 77.3 cm³/mol. The summed E-state index contributed by atoms with van der Waals surface area (Å²) in [5.41, 5.74) is -0.0142. The number of hydrogen-bond acceptors (Lipinski definition) is 5. The number of esters is 1. The van der Waals surface area contributed by atoms with E-state index in [1.807, 2.05) is 0 Å². The Labute approximate surface area is 132 Å². The molecule has 0 amide bonds. The first-order valence-corrected chi connectivity index (χ1v) is 8.22. The molecule has 1 fully saturated rings. The summed E-state index contributed by atoms with van der Waals surface area (Å²) >= 11 is 5.86. The minimum absolute atomic E-state index is 0.0142. The second-order valence-electron chi connectivity index (χ2n) is 4.78. The quantitative estimate of drug-likeness (QED) is 0.825. The zero-order chi connectivity index (χ0) is 16.5. The lowest BCUT2D eigenvalue weighted by atomic mass is 10.2. The summed E-state index contributed by atoms with van der Waals surface area (Å²) < 4.78 is 30.7. The van der Waals surface area contributed by atoms with Crippen LogP contribution in [0, 0.1) is 0 Å². The summed E-state index contributed by atoms with van der Waals surface area (Å²) in [7, 11) is -2.89. The van der Waals surface area contributed by atoms with Crippen molar-refractivity contribution in [1.82, 2.24) is 4.31 Å². The standard InChI is InChI=1S/C13H14ClNO6S/c1-21-13(18)8-5-9(14)7-10(6-8)22(19,20)15-4-2-3-11(15)12(16)17/h5-7,11H,2-4H2,1H3,(H,16,17). The average molecular weight is 348 g/mol. The average Bonchev–Trinajstić information content (AvgIpc) is 2.96. The van der Waals surface area contributed by atoms with Crippen LogP contribution >= 0.6 is 11.6 Å². The summed E-state index contributed by atoms with van der Waals surface area (Å²) in [6.45, 7) is 0.110. The molecule has 1 aromatic rings. The van der Waals surface area contributed by atoms with Crippen molar-refractivity contribution in [3.63, 3.8) is 0 Å². The Morgan fingerprint density at radius 3 is 2.64 bits per heavy atom. The third-order valence-electron chi connectivity index (χ3n) is 3.39. The van der Waals surface area contributed by atoms with Gasteiger partial charge in [-0.05, 0) is 31.0 Å². The van der Waals surface area contributed by atoms with Gasteiger partial charge in [-0.15, -0.1) is 0 Å². The van der Waals surface area contributed by atoms with E-state index in [9.17, 15) is 18.0 Å². The first-order valence-electron chi connectivity index (χ1n) is 6.41. The highest BCUT2D eigenvalue weighted by atomic mass is 35.5. The molecule has 22 heavy (non-hydrogen) atoms. The van der Waals surface area contributed by atoms with E-state index in [0.29, 0.717) is 6.42 Å². The first kappa shape index (κ1) is 16.7. The van der Waals surface area contributed by atoms with E-state index in [-0.39, 0.29) is 28.4 Å². The van der Waals surface area contributed by atoms with E-state index < -0.39 is 28.0 Å². The Kier molecular flexibility index (Phi) is 4.74. The fourth-order valence-electron chi connectivity index (χ4n) is 2.36. The van der Waals surface area contributed by atoms with Gasteiger partial charge in [-0.3, -0.25) is 4.79 Å². The van der Waals surface area contributed by atoms with Crippen LogP contribution in [0.1, 0.15) is 23.2 Å². The summed E-state index contributed by atoms with van der Waals surface area (Å²) in [4.78, 5) is 22.5. The molecule has 1 atom stereocenters. The number of aliphatic carboxylic acids is 1. The third kappa shape index (κ3) is 3.08. The second-order valence-corrected chi connectivity index (χ2v) is 7.11. The van der Waals surface area contributed by atoms with Crippen molar-refractivity contribution < 1.29 is 27.9 Å². The van der Waals surface area contributed by atoms with Gasteiger partial charge in [-0.25, -0.2) is 13.2 Å². The summed E-state index contributed by atoms with van der Waals surface area (Å²) in [5.74, 6) is -1.92. The van der Waals surface area contributed by atoms with Crippen molar-refractivity contribution in [2.45, 2.75) is 23.8 Å². The molecule has 1 aromatic carbocycles. The van der Waals surface area contributed by atoms with Gasteiger partial charge in [0, 0.05) is 11.6 Å². The molecular formula is C13H14ClNO6S. The lowest BCUT2D eigenvalue weighted by Gasteiger charge is -2.21. The highest BCUT2D eigenvalue weighted by molar-refractivity contribution is 7.89. The van der Waals surface area contributed by atoms with Gasteiger partial charge in [0.25, 0.3) is 0 Å². The molecule has 0 bridgehead atoms. The zero-order valence-electron chi connectivity index (χ0n) is 11.7. The van der Waals surface area contributed by atoms with Crippen molar-refractivity contribution in [2.75, 3.05) is 13.7 Å². The number of carboxylic acids is 1. The Bertz CT molecular complexity index is 717. The molecule has 0 spiro atoms. The van der Waals surface area contributed by atoms with Crippen LogP contribution in [0.15, 0.2) is 23.1 Å². The smallest absolute Gasteiger partial charge is 0.337 e. The van der Waals surface area contributed by atoms with Crippen LogP contribution in [-0.4, -0.2) is 49.5 Å². The maximum Gasteiger partial charge on any atom is 0.337 e. The number of nitrogens with zero attached hydrogens (tertiary/aromatic N) is 1. The number of sulfonamides is 1. The van der Waals surface area contributed by atoms with Crippen LogP contribution in [0.4, 0.5) is 0 Å². The van der Waals surface area contributed by atoms with Crippen LogP contribution in [0.25, 0.3) is 0 Å². The lowest BCUT2D eigenvalue weighted by Crippen LogP contribution is -2.40. The SMILES string of the molecule is COC(=O)c1cc(Cl)cc(S(=O)(=O)N2CCCC2C(=O)O)c1. The molecule has 1 aliphatic rings. The van der Waals surface area contributed by atoms with Crippen molar-refractivity contribution in [3.8, 4) is 0 Å². The molecule has 0 radical (unpaired) electrons. The summed E-state index contributed by atoms with van der Waals surface area (Å²) in [6, 6.07) is 2.49. The Morgan fingerprint density at radius 1 is 1.36 bits per heavy atom. The number of benzene rings is 1. The number of methoxy groups -OCH3 is 1. The van der Waals surface area contributed by atoms with E-state index in [0.717, 1.165) is 10.4 Å². The zero-order valence-corrected chi connectivity index (χ0v) is 13.2. The van der Waals surface area contributed by atoms with Gasteiger partial charge in [0.15, 0.2) is 0 Å². The van der Waals surface area contributed by atoms with Crippen LogP contribution < -0.4 is 0 Å². The first-order chi connectivity index (χ1) is 10.3. The second kappa shape index (κ2) is 6.23.